The fraction of sp³-hybridized carbons (Fsp3) is 0.107. The fourth-order valence-electron chi connectivity index (χ4n) is 3.32. The SMILES string of the molecule is CCOc1ccc(C(=O)Oc2ccc(/C=N\NC(=O)COc3cccc4ccccc34)cc2)cc1. The number of fused-ring (bicyclic) bond motifs is 1. The Morgan fingerprint density at radius 2 is 1.54 bits per heavy atom. The Bertz CT molecular complexity index is 1330. The monoisotopic (exact) mass is 468 g/mol. The summed E-state index contributed by atoms with van der Waals surface area (Å²) in [5.41, 5.74) is 3.59. The largest absolute Gasteiger partial charge is 0.494 e. The van der Waals surface area contributed by atoms with Crippen LogP contribution >= 0.6 is 0 Å². The van der Waals surface area contributed by atoms with Crippen molar-refractivity contribution in [3.63, 3.8) is 0 Å². The molecule has 0 aromatic heterocycles. The number of nitrogens with zero attached hydrogens (tertiary/aromatic N) is 1. The van der Waals surface area contributed by atoms with Crippen LogP contribution in [0.1, 0.15) is 22.8 Å². The van der Waals surface area contributed by atoms with Gasteiger partial charge >= 0.3 is 5.97 Å². The number of carbonyl (C=O) groups excluding carboxylic acids is 2. The molecule has 4 aromatic rings. The number of benzene rings is 4. The van der Waals surface area contributed by atoms with E-state index >= 15 is 0 Å². The summed E-state index contributed by atoms with van der Waals surface area (Å²) in [5, 5.41) is 5.93. The highest BCUT2D eigenvalue weighted by Crippen LogP contribution is 2.25. The maximum Gasteiger partial charge on any atom is 0.343 e. The number of hydrogen-bond acceptors (Lipinski definition) is 6. The summed E-state index contributed by atoms with van der Waals surface area (Å²) >= 11 is 0. The van der Waals surface area contributed by atoms with Gasteiger partial charge in [-0.25, -0.2) is 10.2 Å². The quantitative estimate of drug-likeness (QED) is 0.162. The second kappa shape index (κ2) is 11.5. The van der Waals surface area contributed by atoms with E-state index in [0.717, 1.165) is 16.3 Å². The predicted octanol–water partition coefficient (Wildman–Crippen LogP) is 4.99. The van der Waals surface area contributed by atoms with Crippen LogP contribution in [0.4, 0.5) is 0 Å². The van der Waals surface area contributed by atoms with Gasteiger partial charge in [-0.1, -0.05) is 36.4 Å². The lowest BCUT2D eigenvalue weighted by atomic mass is 10.1. The van der Waals surface area contributed by atoms with Gasteiger partial charge in [0, 0.05) is 5.39 Å². The second-order valence-corrected chi connectivity index (χ2v) is 7.48. The highest BCUT2D eigenvalue weighted by Gasteiger charge is 2.09. The molecule has 0 radical (unpaired) electrons. The third-order valence-corrected chi connectivity index (χ3v) is 5.00. The molecular weight excluding hydrogens is 444 g/mol. The Morgan fingerprint density at radius 1 is 0.829 bits per heavy atom. The molecule has 35 heavy (non-hydrogen) atoms. The molecule has 4 rings (SSSR count). The Kier molecular flexibility index (Phi) is 7.70. The molecule has 0 saturated carbocycles. The zero-order valence-electron chi connectivity index (χ0n) is 19.1. The predicted molar refractivity (Wildman–Crippen MR) is 134 cm³/mol. The lowest BCUT2D eigenvalue weighted by molar-refractivity contribution is -0.123. The Balaban J connectivity index is 1.25. The van der Waals surface area contributed by atoms with Crippen LogP contribution < -0.4 is 19.6 Å². The van der Waals surface area contributed by atoms with Crippen molar-refractivity contribution in [2.75, 3.05) is 13.2 Å². The smallest absolute Gasteiger partial charge is 0.343 e. The average Bonchev–Trinajstić information content (AvgIpc) is 2.89. The van der Waals surface area contributed by atoms with Gasteiger partial charge < -0.3 is 14.2 Å². The molecule has 0 spiro atoms. The van der Waals surface area contributed by atoms with Crippen LogP contribution in [0.15, 0.2) is 96.1 Å². The molecule has 7 nitrogen and oxygen atoms in total. The van der Waals surface area contributed by atoms with E-state index in [1.165, 1.54) is 6.21 Å². The first-order chi connectivity index (χ1) is 17.1. The van der Waals surface area contributed by atoms with Gasteiger partial charge in [0.15, 0.2) is 6.61 Å². The molecule has 0 heterocycles. The molecule has 1 N–H and O–H groups in total. The Morgan fingerprint density at radius 3 is 2.31 bits per heavy atom. The van der Waals surface area contributed by atoms with E-state index in [1.54, 1.807) is 48.5 Å². The van der Waals surface area contributed by atoms with Gasteiger partial charge in [-0.2, -0.15) is 5.10 Å². The first-order valence-electron chi connectivity index (χ1n) is 11.1. The molecule has 0 bridgehead atoms. The van der Waals surface area contributed by atoms with E-state index in [2.05, 4.69) is 10.5 Å². The van der Waals surface area contributed by atoms with Crippen molar-refractivity contribution in [2.24, 2.45) is 5.10 Å². The maximum absolute atomic E-state index is 12.3. The van der Waals surface area contributed by atoms with Gasteiger partial charge in [0.1, 0.15) is 17.2 Å². The van der Waals surface area contributed by atoms with Crippen LogP contribution in [0.2, 0.25) is 0 Å². The molecule has 0 atom stereocenters. The van der Waals surface area contributed by atoms with E-state index < -0.39 is 5.97 Å². The molecule has 0 aliphatic heterocycles. The van der Waals surface area contributed by atoms with Crippen molar-refractivity contribution >= 4 is 28.9 Å². The van der Waals surface area contributed by atoms with Crippen LogP contribution in [-0.2, 0) is 4.79 Å². The van der Waals surface area contributed by atoms with Gasteiger partial charge in [0.05, 0.1) is 18.4 Å². The first kappa shape index (κ1) is 23.5. The standard InChI is InChI=1S/C28H24N2O5/c1-2-33-23-16-12-22(13-17-23)28(32)35-24-14-10-20(11-15-24)18-29-30-27(31)19-34-26-9-5-7-21-6-3-4-8-25(21)26/h3-18H,2,19H2,1H3,(H,30,31)/b29-18-. The lowest BCUT2D eigenvalue weighted by Gasteiger charge is -2.08. The minimum absolute atomic E-state index is 0.161. The van der Waals surface area contributed by atoms with Gasteiger partial charge in [-0.3, -0.25) is 4.79 Å². The Labute approximate surface area is 202 Å². The van der Waals surface area contributed by atoms with E-state index in [-0.39, 0.29) is 12.5 Å². The van der Waals surface area contributed by atoms with Gasteiger partial charge in [0.2, 0.25) is 0 Å². The average molecular weight is 469 g/mol. The lowest BCUT2D eigenvalue weighted by Crippen LogP contribution is -2.24. The zero-order valence-corrected chi connectivity index (χ0v) is 19.1. The summed E-state index contributed by atoms with van der Waals surface area (Å²) < 4.78 is 16.4. The molecule has 0 saturated heterocycles. The van der Waals surface area contributed by atoms with Crippen LogP contribution in [0, 0.1) is 0 Å². The van der Waals surface area contributed by atoms with Crippen LogP contribution in [0.3, 0.4) is 0 Å². The molecule has 4 aromatic carbocycles. The highest BCUT2D eigenvalue weighted by atomic mass is 16.5. The van der Waals surface area contributed by atoms with Crippen molar-refractivity contribution in [3.05, 3.63) is 102 Å². The van der Waals surface area contributed by atoms with E-state index in [0.29, 0.717) is 29.4 Å². The van der Waals surface area contributed by atoms with Crippen molar-refractivity contribution in [2.45, 2.75) is 6.92 Å². The van der Waals surface area contributed by atoms with Crippen molar-refractivity contribution in [1.82, 2.24) is 5.43 Å². The fourth-order valence-corrected chi connectivity index (χ4v) is 3.32. The Hall–Kier alpha value is -4.65. The molecule has 0 unspecified atom stereocenters. The van der Waals surface area contributed by atoms with Gasteiger partial charge in [-0.15, -0.1) is 0 Å². The van der Waals surface area contributed by atoms with Crippen molar-refractivity contribution in [3.8, 4) is 17.2 Å². The first-order valence-corrected chi connectivity index (χ1v) is 11.1. The molecule has 0 aliphatic carbocycles. The molecule has 0 fully saturated rings. The van der Waals surface area contributed by atoms with Crippen LogP contribution in [-0.4, -0.2) is 31.3 Å². The minimum Gasteiger partial charge on any atom is -0.494 e. The maximum atomic E-state index is 12.3. The topological polar surface area (TPSA) is 86.2 Å². The molecule has 1 amide bonds. The second-order valence-electron chi connectivity index (χ2n) is 7.48. The third kappa shape index (κ3) is 6.45. The summed E-state index contributed by atoms with van der Waals surface area (Å²) in [7, 11) is 0. The summed E-state index contributed by atoms with van der Waals surface area (Å²) in [5.74, 6) is 0.883. The van der Waals surface area contributed by atoms with Crippen LogP contribution in [0.25, 0.3) is 10.8 Å². The summed E-state index contributed by atoms with van der Waals surface area (Å²) in [6.07, 6.45) is 1.49. The molecular formula is C28H24N2O5. The number of esters is 1. The van der Waals surface area contributed by atoms with Gasteiger partial charge in [-0.05, 0) is 72.5 Å². The van der Waals surface area contributed by atoms with Crippen molar-refractivity contribution < 1.29 is 23.8 Å². The van der Waals surface area contributed by atoms with E-state index in [4.69, 9.17) is 14.2 Å². The van der Waals surface area contributed by atoms with Gasteiger partial charge in [0.25, 0.3) is 5.91 Å². The summed E-state index contributed by atoms with van der Waals surface area (Å²) in [6, 6.07) is 27.0. The minimum atomic E-state index is -0.465. The molecule has 7 heteroatoms. The number of hydrazone groups is 1. The van der Waals surface area contributed by atoms with E-state index in [1.807, 2.05) is 49.4 Å². The zero-order chi connectivity index (χ0) is 24.5. The number of carbonyl (C=O) groups is 2. The van der Waals surface area contributed by atoms with E-state index in [9.17, 15) is 9.59 Å². The number of nitrogens with one attached hydrogen (secondary N) is 1. The van der Waals surface area contributed by atoms with Crippen LogP contribution in [0.5, 0.6) is 17.2 Å². The number of rotatable bonds is 9. The number of amides is 1. The summed E-state index contributed by atoms with van der Waals surface area (Å²) in [4.78, 5) is 24.4. The molecule has 0 aliphatic rings. The molecule has 176 valence electrons. The number of ether oxygens (including phenoxy) is 3. The summed E-state index contributed by atoms with van der Waals surface area (Å²) in [6.45, 7) is 2.29. The highest BCUT2D eigenvalue weighted by molar-refractivity contribution is 5.91. The number of hydrogen-bond donors (Lipinski definition) is 1. The normalized spacial score (nSPS) is 10.8. The van der Waals surface area contributed by atoms with Crippen molar-refractivity contribution in [1.29, 1.82) is 0 Å². The third-order valence-electron chi connectivity index (χ3n) is 5.00.